The Labute approximate surface area is 147 Å². The molecule has 3 saturated carbocycles. The van der Waals surface area contributed by atoms with E-state index in [2.05, 4.69) is 26.5 Å². The minimum absolute atomic E-state index is 0.0538. The molecule has 2 nitrogen and oxygen atoms in total. The molecule has 0 saturated heterocycles. The smallest absolute Gasteiger partial charge is 0.0738 e. The van der Waals surface area contributed by atoms with Gasteiger partial charge in [-0.05, 0) is 86.4 Å². The zero-order valence-electron chi connectivity index (χ0n) is 15.4. The number of fused-ring (bicyclic) bond motifs is 5. The largest absolute Gasteiger partial charge is 0.393 e. The van der Waals surface area contributed by atoms with E-state index >= 15 is 0 Å². The molecule has 24 heavy (non-hydrogen) atoms. The Kier molecular flexibility index (Phi) is 3.82. The van der Waals surface area contributed by atoms with E-state index in [1.807, 2.05) is 6.08 Å². The lowest BCUT2D eigenvalue weighted by atomic mass is 9.47. The summed E-state index contributed by atoms with van der Waals surface area (Å²) < 4.78 is 0. The van der Waals surface area contributed by atoms with E-state index in [9.17, 15) is 10.2 Å². The third kappa shape index (κ3) is 2.08. The molecule has 7 atom stereocenters. The Morgan fingerprint density at radius 1 is 1.17 bits per heavy atom. The summed E-state index contributed by atoms with van der Waals surface area (Å²) in [6.45, 7) is 8.72. The van der Waals surface area contributed by atoms with Gasteiger partial charge in [-0.1, -0.05) is 31.6 Å². The highest BCUT2D eigenvalue weighted by Gasteiger charge is 2.63. The van der Waals surface area contributed by atoms with Gasteiger partial charge >= 0.3 is 0 Å². The van der Waals surface area contributed by atoms with Crippen LogP contribution in [-0.2, 0) is 0 Å². The third-order valence-corrected chi connectivity index (χ3v) is 8.88. The summed E-state index contributed by atoms with van der Waals surface area (Å²) >= 11 is 0. The van der Waals surface area contributed by atoms with Crippen molar-refractivity contribution in [3.05, 3.63) is 24.3 Å². The highest BCUT2D eigenvalue weighted by molar-refractivity contribution is 5.26. The second kappa shape index (κ2) is 5.45. The molecular formula is C22H34O2. The number of aliphatic hydroxyl groups excluding tert-OH is 1. The minimum Gasteiger partial charge on any atom is -0.393 e. The maximum atomic E-state index is 11.3. The van der Waals surface area contributed by atoms with Crippen molar-refractivity contribution in [3.63, 3.8) is 0 Å². The van der Waals surface area contributed by atoms with E-state index in [0.29, 0.717) is 17.3 Å². The van der Waals surface area contributed by atoms with Crippen LogP contribution in [0.5, 0.6) is 0 Å². The molecule has 2 heteroatoms. The van der Waals surface area contributed by atoms with Crippen molar-refractivity contribution in [2.45, 2.75) is 83.3 Å². The summed E-state index contributed by atoms with van der Waals surface area (Å²) in [7, 11) is 0. The first-order valence-corrected chi connectivity index (χ1v) is 10.0. The SMILES string of the molecule is C=CC[C@]1(O)CC[C@@H]2[C@@H]3CC=C4C[C@H](O)CC[C@]4(C)[C@H]3CC[C@@]21C. The van der Waals surface area contributed by atoms with Crippen LogP contribution in [0.1, 0.15) is 71.6 Å². The van der Waals surface area contributed by atoms with Crippen LogP contribution >= 0.6 is 0 Å². The van der Waals surface area contributed by atoms with E-state index < -0.39 is 5.60 Å². The van der Waals surface area contributed by atoms with Gasteiger partial charge in [0.15, 0.2) is 0 Å². The second-order valence-electron chi connectivity index (χ2n) is 9.68. The normalized spacial score (nSPS) is 53.6. The standard InChI is InChI=1S/C22H34O2/c1-4-10-22(24)13-9-19-17-6-5-15-14-16(23)7-11-20(15,2)18(17)8-12-21(19,22)3/h4-5,16-19,23-24H,1,6-14H2,2-3H3/t16-,17-,18+,19-,20+,21+,22+/m1/s1. The monoisotopic (exact) mass is 330 g/mol. The molecule has 0 unspecified atom stereocenters. The number of aliphatic hydroxyl groups is 2. The van der Waals surface area contributed by atoms with E-state index in [-0.39, 0.29) is 11.5 Å². The van der Waals surface area contributed by atoms with Gasteiger partial charge in [-0.15, -0.1) is 6.58 Å². The minimum atomic E-state index is -0.544. The van der Waals surface area contributed by atoms with Gasteiger partial charge in [-0.3, -0.25) is 0 Å². The fourth-order valence-corrected chi connectivity index (χ4v) is 7.33. The Hall–Kier alpha value is -0.600. The van der Waals surface area contributed by atoms with Gasteiger partial charge in [-0.25, -0.2) is 0 Å². The van der Waals surface area contributed by atoms with Crippen LogP contribution in [0, 0.1) is 28.6 Å². The van der Waals surface area contributed by atoms with Crippen LogP contribution in [0.4, 0.5) is 0 Å². The maximum absolute atomic E-state index is 11.3. The van der Waals surface area contributed by atoms with Crippen molar-refractivity contribution in [1.82, 2.24) is 0 Å². The predicted octanol–water partition coefficient (Wildman–Crippen LogP) is 4.62. The molecule has 4 aliphatic rings. The Bertz CT molecular complexity index is 566. The van der Waals surface area contributed by atoms with Crippen molar-refractivity contribution in [2.24, 2.45) is 28.6 Å². The van der Waals surface area contributed by atoms with Crippen LogP contribution in [0.3, 0.4) is 0 Å². The fourth-order valence-electron chi connectivity index (χ4n) is 7.33. The van der Waals surface area contributed by atoms with Gasteiger partial charge in [0.1, 0.15) is 0 Å². The molecular weight excluding hydrogens is 296 g/mol. The Morgan fingerprint density at radius 2 is 1.92 bits per heavy atom. The first-order valence-electron chi connectivity index (χ1n) is 10.0. The topological polar surface area (TPSA) is 40.5 Å². The highest BCUT2D eigenvalue weighted by Crippen LogP contribution is 2.67. The molecule has 0 aromatic rings. The quantitative estimate of drug-likeness (QED) is 0.725. The molecule has 0 aromatic heterocycles. The molecule has 3 fully saturated rings. The zero-order valence-corrected chi connectivity index (χ0v) is 15.4. The number of rotatable bonds is 2. The van der Waals surface area contributed by atoms with Gasteiger partial charge in [0, 0.05) is 0 Å². The number of hydrogen-bond donors (Lipinski definition) is 2. The van der Waals surface area contributed by atoms with Gasteiger partial charge < -0.3 is 10.2 Å². The van der Waals surface area contributed by atoms with Crippen LogP contribution in [0.2, 0.25) is 0 Å². The van der Waals surface area contributed by atoms with Gasteiger partial charge in [0.2, 0.25) is 0 Å². The van der Waals surface area contributed by atoms with Crippen LogP contribution in [-0.4, -0.2) is 21.9 Å². The zero-order chi connectivity index (χ0) is 17.2. The molecule has 0 radical (unpaired) electrons. The first-order chi connectivity index (χ1) is 11.3. The van der Waals surface area contributed by atoms with E-state index in [1.165, 1.54) is 18.4 Å². The fraction of sp³-hybridized carbons (Fsp3) is 0.818. The molecule has 0 bridgehead atoms. The molecule has 2 N–H and O–H groups in total. The molecule has 0 heterocycles. The molecule has 134 valence electrons. The van der Waals surface area contributed by atoms with Gasteiger partial charge in [0.25, 0.3) is 0 Å². The molecule has 4 rings (SSSR count). The average molecular weight is 331 g/mol. The first kappa shape index (κ1) is 16.8. The van der Waals surface area contributed by atoms with Crippen LogP contribution < -0.4 is 0 Å². The summed E-state index contributed by atoms with van der Waals surface area (Å²) in [6, 6.07) is 0. The summed E-state index contributed by atoms with van der Waals surface area (Å²) in [4.78, 5) is 0. The van der Waals surface area contributed by atoms with E-state index in [0.717, 1.165) is 50.9 Å². The summed E-state index contributed by atoms with van der Waals surface area (Å²) in [5.41, 5.74) is 1.34. The summed E-state index contributed by atoms with van der Waals surface area (Å²) in [6.07, 6.45) is 13.6. The molecule has 0 aliphatic heterocycles. The maximum Gasteiger partial charge on any atom is 0.0738 e. The molecule has 0 amide bonds. The third-order valence-electron chi connectivity index (χ3n) is 8.88. The summed E-state index contributed by atoms with van der Waals surface area (Å²) in [5, 5.41) is 21.4. The predicted molar refractivity (Wildman–Crippen MR) is 97.5 cm³/mol. The average Bonchev–Trinajstić information content (AvgIpc) is 2.80. The van der Waals surface area contributed by atoms with Crippen LogP contribution in [0.15, 0.2) is 24.3 Å². The second-order valence-corrected chi connectivity index (χ2v) is 9.68. The van der Waals surface area contributed by atoms with Crippen molar-refractivity contribution < 1.29 is 10.2 Å². The summed E-state index contributed by atoms with van der Waals surface area (Å²) in [5.74, 6) is 2.10. The highest BCUT2D eigenvalue weighted by atomic mass is 16.3. The van der Waals surface area contributed by atoms with Gasteiger partial charge in [0.05, 0.1) is 11.7 Å². The molecule has 0 spiro atoms. The van der Waals surface area contributed by atoms with E-state index in [1.54, 1.807) is 0 Å². The number of allylic oxidation sites excluding steroid dienone is 1. The van der Waals surface area contributed by atoms with Crippen molar-refractivity contribution in [3.8, 4) is 0 Å². The number of hydrogen-bond acceptors (Lipinski definition) is 2. The van der Waals surface area contributed by atoms with Crippen molar-refractivity contribution in [1.29, 1.82) is 0 Å². The van der Waals surface area contributed by atoms with Crippen LogP contribution in [0.25, 0.3) is 0 Å². The van der Waals surface area contributed by atoms with Gasteiger partial charge in [-0.2, -0.15) is 0 Å². The lowest BCUT2D eigenvalue weighted by molar-refractivity contribution is -0.122. The lowest BCUT2D eigenvalue weighted by Crippen LogP contribution is -2.54. The Balaban J connectivity index is 1.66. The molecule has 0 aromatic carbocycles. The van der Waals surface area contributed by atoms with Crippen molar-refractivity contribution in [2.75, 3.05) is 0 Å². The Morgan fingerprint density at radius 3 is 2.67 bits per heavy atom. The van der Waals surface area contributed by atoms with E-state index in [4.69, 9.17) is 0 Å². The lowest BCUT2D eigenvalue weighted by Gasteiger charge is -2.59. The molecule has 4 aliphatic carbocycles. The van der Waals surface area contributed by atoms with Crippen molar-refractivity contribution >= 4 is 0 Å².